The van der Waals surface area contributed by atoms with Crippen LogP contribution in [0.5, 0.6) is 0 Å². The Bertz CT molecular complexity index is 283. The molecule has 0 heterocycles. The highest BCUT2D eigenvalue weighted by atomic mass is 19.4. The number of carbonyl (C=O) groups excluding carboxylic acids is 1. The zero-order valence-corrected chi connectivity index (χ0v) is 12.7. The maximum atomic E-state index is 11.9. The standard InChI is InChI=1S/C13H26F3N3O/c1-10(2)19(4)8-6-5-7-17-11(3)12(20)18-9-13(14,15)16/h10-11,17H,5-9H2,1-4H3,(H,18,20). The molecule has 0 saturated heterocycles. The summed E-state index contributed by atoms with van der Waals surface area (Å²) in [6, 6.07) is -0.116. The Morgan fingerprint density at radius 3 is 2.30 bits per heavy atom. The quantitative estimate of drug-likeness (QED) is 0.638. The highest BCUT2D eigenvalue weighted by molar-refractivity contribution is 5.81. The van der Waals surface area contributed by atoms with Gasteiger partial charge in [0.1, 0.15) is 6.54 Å². The molecule has 0 aliphatic rings. The predicted molar refractivity (Wildman–Crippen MR) is 73.5 cm³/mol. The molecule has 1 amide bonds. The van der Waals surface area contributed by atoms with Crippen LogP contribution in [0.25, 0.3) is 0 Å². The molecule has 20 heavy (non-hydrogen) atoms. The summed E-state index contributed by atoms with van der Waals surface area (Å²) in [5, 5.41) is 4.79. The second kappa shape index (κ2) is 9.18. The normalized spacial score (nSPS) is 13.8. The fourth-order valence-corrected chi connectivity index (χ4v) is 1.50. The highest BCUT2D eigenvalue weighted by Crippen LogP contribution is 2.12. The molecule has 7 heteroatoms. The van der Waals surface area contributed by atoms with E-state index in [2.05, 4.69) is 24.1 Å². The smallest absolute Gasteiger partial charge is 0.346 e. The molecule has 0 aromatic heterocycles. The summed E-state index contributed by atoms with van der Waals surface area (Å²) in [5.41, 5.74) is 0. The van der Waals surface area contributed by atoms with E-state index in [1.165, 1.54) is 0 Å². The third-order valence-corrected chi connectivity index (χ3v) is 3.13. The van der Waals surface area contributed by atoms with Gasteiger partial charge >= 0.3 is 6.18 Å². The van der Waals surface area contributed by atoms with Gasteiger partial charge in [-0.1, -0.05) is 0 Å². The van der Waals surface area contributed by atoms with E-state index in [1.807, 2.05) is 12.4 Å². The lowest BCUT2D eigenvalue weighted by molar-refractivity contribution is -0.139. The van der Waals surface area contributed by atoms with Crippen LogP contribution in [0.4, 0.5) is 13.2 Å². The van der Waals surface area contributed by atoms with Crippen molar-refractivity contribution in [2.24, 2.45) is 0 Å². The van der Waals surface area contributed by atoms with E-state index in [0.717, 1.165) is 19.4 Å². The van der Waals surface area contributed by atoms with Gasteiger partial charge in [0.15, 0.2) is 0 Å². The number of halogens is 3. The van der Waals surface area contributed by atoms with E-state index in [1.54, 1.807) is 6.92 Å². The van der Waals surface area contributed by atoms with Gasteiger partial charge in [0, 0.05) is 6.04 Å². The van der Waals surface area contributed by atoms with Crippen molar-refractivity contribution in [1.29, 1.82) is 0 Å². The van der Waals surface area contributed by atoms with Crippen LogP contribution in [0.15, 0.2) is 0 Å². The molecule has 120 valence electrons. The van der Waals surface area contributed by atoms with Crippen molar-refractivity contribution in [3.8, 4) is 0 Å². The van der Waals surface area contributed by atoms with Gasteiger partial charge in [-0.2, -0.15) is 13.2 Å². The number of carbonyl (C=O) groups is 1. The van der Waals surface area contributed by atoms with Crippen LogP contribution in [0, 0.1) is 0 Å². The van der Waals surface area contributed by atoms with E-state index >= 15 is 0 Å². The molecular weight excluding hydrogens is 271 g/mol. The van der Waals surface area contributed by atoms with Crippen LogP contribution in [0.2, 0.25) is 0 Å². The molecule has 1 atom stereocenters. The van der Waals surface area contributed by atoms with Crippen molar-refractivity contribution in [2.75, 3.05) is 26.7 Å². The Balaban J connectivity index is 3.67. The fourth-order valence-electron chi connectivity index (χ4n) is 1.50. The van der Waals surface area contributed by atoms with E-state index < -0.39 is 24.7 Å². The maximum absolute atomic E-state index is 11.9. The van der Waals surface area contributed by atoms with Gasteiger partial charge in [0.25, 0.3) is 0 Å². The molecule has 0 saturated carbocycles. The molecular formula is C13H26F3N3O. The summed E-state index contributed by atoms with van der Waals surface area (Å²) < 4.78 is 35.8. The van der Waals surface area contributed by atoms with Crippen molar-refractivity contribution >= 4 is 5.91 Å². The number of alkyl halides is 3. The first-order chi connectivity index (χ1) is 9.13. The first-order valence-corrected chi connectivity index (χ1v) is 6.91. The van der Waals surface area contributed by atoms with Crippen molar-refractivity contribution in [3.05, 3.63) is 0 Å². The Labute approximate surface area is 119 Å². The average molecular weight is 297 g/mol. The molecule has 4 nitrogen and oxygen atoms in total. The minimum atomic E-state index is -4.36. The minimum absolute atomic E-state index is 0.495. The third kappa shape index (κ3) is 10.0. The van der Waals surface area contributed by atoms with E-state index in [0.29, 0.717) is 12.6 Å². The second-order valence-corrected chi connectivity index (χ2v) is 5.29. The Kier molecular flexibility index (Phi) is 8.80. The maximum Gasteiger partial charge on any atom is 0.405 e. The van der Waals surface area contributed by atoms with E-state index in [9.17, 15) is 18.0 Å². The van der Waals surface area contributed by atoms with Crippen LogP contribution in [-0.2, 0) is 4.79 Å². The summed E-state index contributed by atoms with van der Waals surface area (Å²) in [4.78, 5) is 13.6. The monoisotopic (exact) mass is 297 g/mol. The second-order valence-electron chi connectivity index (χ2n) is 5.29. The van der Waals surface area contributed by atoms with E-state index in [-0.39, 0.29) is 0 Å². The zero-order chi connectivity index (χ0) is 15.8. The number of rotatable bonds is 9. The van der Waals surface area contributed by atoms with Gasteiger partial charge < -0.3 is 15.5 Å². The van der Waals surface area contributed by atoms with Crippen LogP contribution in [0.1, 0.15) is 33.6 Å². The Morgan fingerprint density at radius 2 is 1.80 bits per heavy atom. The number of hydrogen-bond acceptors (Lipinski definition) is 3. The van der Waals surface area contributed by atoms with Crippen LogP contribution in [-0.4, -0.2) is 55.7 Å². The number of hydrogen-bond donors (Lipinski definition) is 2. The molecule has 0 aliphatic carbocycles. The van der Waals surface area contributed by atoms with Gasteiger partial charge in [-0.05, 0) is 53.8 Å². The molecule has 0 rings (SSSR count). The molecule has 0 bridgehead atoms. The zero-order valence-electron chi connectivity index (χ0n) is 12.7. The van der Waals surface area contributed by atoms with Crippen molar-refractivity contribution in [3.63, 3.8) is 0 Å². The topological polar surface area (TPSA) is 44.4 Å². The van der Waals surface area contributed by atoms with Gasteiger partial charge in [0.2, 0.25) is 5.91 Å². The SMILES string of the molecule is CC(NCCCCN(C)C(C)C)C(=O)NCC(F)(F)F. The molecule has 0 radical (unpaired) electrons. The van der Waals surface area contributed by atoms with Gasteiger partial charge in [0.05, 0.1) is 6.04 Å². The third-order valence-electron chi connectivity index (χ3n) is 3.13. The molecule has 0 spiro atoms. The highest BCUT2D eigenvalue weighted by Gasteiger charge is 2.28. The summed E-state index contributed by atoms with van der Waals surface area (Å²) in [7, 11) is 2.05. The lowest BCUT2D eigenvalue weighted by Gasteiger charge is -2.21. The lowest BCUT2D eigenvalue weighted by atomic mass is 10.2. The number of nitrogens with zero attached hydrogens (tertiary/aromatic N) is 1. The van der Waals surface area contributed by atoms with Crippen LogP contribution < -0.4 is 10.6 Å². The van der Waals surface area contributed by atoms with Gasteiger partial charge in [-0.25, -0.2) is 0 Å². The van der Waals surface area contributed by atoms with Crippen molar-refractivity contribution in [1.82, 2.24) is 15.5 Å². The van der Waals surface area contributed by atoms with Crippen LogP contribution in [0.3, 0.4) is 0 Å². The molecule has 0 fully saturated rings. The average Bonchev–Trinajstić information content (AvgIpc) is 2.33. The van der Waals surface area contributed by atoms with Crippen LogP contribution >= 0.6 is 0 Å². The first-order valence-electron chi connectivity index (χ1n) is 6.91. The largest absolute Gasteiger partial charge is 0.405 e. The fraction of sp³-hybridized carbons (Fsp3) is 0.923. The summed E-state index contributed by atoms with van der Waals surface area (Å²) >= 11 is 0. The number of amides is 1. The first kappa shape index (κ1) is 19.2. The molecule has 0 aromatic carbocycles. The summed E-state index contributed by atoms with van der Waals surface area (Å²) in [6.07, 6.45) is -2.50. The van der Waals surface area contributed by atoms with Crippen molar-refractivity contribution in [2.45, 2.75) is 51.9 Å². The molecule has 0 aliphatic heterocycles. The van der Waals surface area contributed by atoms with Gasteiger partial charge in [-0.3, -0.25) is 4.79 Å². The number of nitrogens with one attached hydrogen (secondary N) is 2. The lowest BCUT2D eigenvalue weighted by Crippen LogP contribution is -2.45. The number of unbranched alkanes of at least 4 members (excludes halogenated alkanes) is 1. The summed E-state index contributed by atoms with van der Waals surface area (Å²) in [6.45, 7) is 6.10. The summed E-state index contributed by atoms with van der Waals surface area (Å²) in [5.74, 6) is -0.623. The van der Waals surface area contributed by atoms with Gasteiger partial charge in [-0.15, -0.1) is 0 Å². The Hall–Kier alpha value is -0.820. The Morgan fingerprint density at radius 1 is 1.20 bits per heavy atom. The minimum Gasteiger partial charge on any atom is -0.346 e. The molecule has 2 N–H and O–H groups in total. The van der Waals surface area contributed by atoms with E-state index in [4.69, 9.17) is 0 Å². The molecule has 0 aromatic rings. The van der Waals surface area contributed by atoms with Crippen molar-refractivity contribution < 1.29 is 18.0 Å². The predicted octanol–water partition coefficient (Wildman–Crippen LogP) is 1.76. The molecule has 1 unspecified atom stereocenters.